The summed E-state index contributed by atoms with van der Waals surface area (Å²) in [5.74, 6) is 1.52. The van der Waals surface area contributed by atoms with Crippen molar-refractivity contribution in [2.45, 2.75) is 91.5 Å². The average molecular weight is 458 g/mol. The number of hydrogen-bond donors (Lipinski definition) is 1. The van der Waals surface area contributed by atoms with Crippen LogP contribution >= 0.6 is 0 Å². The van der Waals surface area contributed by atoms with E-state index in [2.05, 4.69) is 45.0 Å². The van der Waals surface area contributed by atoms with Crippen molar-refractivity contribution in [1.82, 2.24) is 4.98 Å². The lowest BCUT2D eigenvalue weighted by Crippen LogP contribution is -2.37. The Morgan fingerprint density at radius 2 is 1.97 bits per heavy atom. The van der Waals surface area contributed by atoms with E-state index in [4.69, 9.17) is 18.9 Å². The maximum Gasteiger partial charge on any atom is 0.335 e. The van der Waals surface area contributed by atoms with E-state index in [1.54, 1.807) is 13.8 Å². The van der Waals surface area contributed by atoms with E-state index < -0.39 is 11.6 Å². The molecule has 1 saturated carbocycles. The Morgan fingerprint density at radius 3 is 2.61 bits per heavy atom. The second kappa shape index (κ2) is 11.3. The highest BCUT2D eigenvalue weighted by Crippen LogP contribution is 2.30. The van der Waals surface area contributed by atoms with Gasteiger partial charge in [0.15, 0.2) is 5.60 Å². The fourth-order valence-corrected chi connectivity index (χ4v) is 4.28. The Morgan fingerprint density at radius 1 is 1.24 bits per heavy atom. The fraction of sp³-hybridized carbons (Fsp3) is 0.630. The van der Waals surface area contributed by atoms with Crippen molar-refractivity contribution in [3.63, 3.8) is 0 Å². The Labute approximate surface area is 197 Å². The molecule has 2 atom stereocenters. The summed E-state index contributed by atoms with van der Waals surface area (Å²) in [5, 5.41) is 9.25. The van der Waals surface area contributed by atoms with Crippen molar-refractivity contribution in [3.05, 3.63) is 41.3 Å². The SMILES string of the molecule is CCc1oc(-c2ccc(CC(C)C)cc2)nc1CO[C@H]1CCC[C@@H](COC(C)(C)C(=O)O)C1. The van der Waals surface area contributed by atoms with Gasteiger partial charge in [0.05, 0.1) is 19.3 Å². The molecular weight excluding hydrogens is 418 g/mol. The van der Waals surface area contributed by atoms with Gasteiger partial charge in [-0.2, -0.15) is 0 Å². The van der Waals surface area contributed by atoms with Gasteiger partial charge in [0.1, 0.15) is 11.5 Å². The predicted octanol–water partition coefficient (Wildman–Crippen LogP) is 6.06. The molecule has 1 aliphatic carbocycles. The Kier molecular flexibility index (Phi) is 8.71. The fourth-order valence-electron chi connectivity index (χ4n) is 4.28. The number of hydrogen-bond acceptors (Lipinski definition) is 5. The van der Waals surface area contributed by atoms with Crippen molar-refractivity contribution >= 4 is 5.97 Å². The van der Waals surface area contributed by atoms with Crippen LogP contribution in [0, 0.1) is 11.8 Å². The van der Waals surface area contributed by atoms with E-state index in [9.17, 15) is 9.90 Å². The first-order valence-electron chi connectivity index (χ1n) is 12.2. The van der Waals surface area contributed by atoms with Crippen LogP contribution in [0.1, 0.15) is 77.3 Å². The molecule has 0 spiro atoms. The van der Waals surface area contributed by atoms with Crippen LogP contribution in [0.5, 0.6) is 0 Å². The third-order valence-electron chi connectivity index (χ3n) is 6.33. The van der Waals surface area contributed by atoms with E-state index >= 15 is 0 Å². The molecule has 1 fully saturated rings. The summed E-state index contributed by atoms with van der Waals surface area (Å²) in [5.41, 5.74) is 2.01. The molecule has 182 valence electrons. The normalized spacial score (nSPS) is 19.2. The number of aliphatic carboxylic acids is 1. The molecular formula is C27H39NO5. The van der Waals surface area contributed by atoms with Crippen LogP contribution in [0.2, 0.25) is 0 Å². The Balaban J connectivity index is 1.57. The van der Waals surface area contributed by atoms with Crippen LogP contribution in [0.4, 0.5) is 0 Å². The minimum absolute atomic E-state index is 0.125. The van der Waals surface area contributed by atoms with Gasteiger partial charge in [0.25, 0.3) is 0 Å². The van der Waals surface area contributed by atoms with Crippen molar-refractivity contribution < 1.29 is 23.8 Å². The number of carboxylic acid groups (broad SMARTS) is 1. The molecule has 1 aromatic carbocycles. The first kappa shape index (κ1) is 25.4. The second-order valence-electron chi connectivity index (χ2n) is 10.1. The largest absolute Gasteiger partial charge is 0.479 e. The highest BCUT2D eigenvalue weighted by atomic mass is 16.5. The quantitative estimate of drug-likeness (QED) is 0.442. The van der Waals surface area contributed by atoms with Gasteiger partial charge in [0.2, 0.25) is 5.89 Å². The van der Waals surface area contributed by atoms with Crippen LogP contribution in [-0.2, 0) is 33.7 Å². The van der Waals surface area contributed by atoms with Gasteiger partial charge < -0.3 is 19.0 Å². The van der Waals surface area contributed by atoms with Gasteiger partial charge >= 0.3 is 5.97 Å². The molecule has 1 N–H and O–H groups in total. The van der Waals surface area contributed by atoms with E-state index in [-0.39, 0.29) is 6.10 Å². The number of aromatic nitrogens is 1. The standard InChI is InChI=1S/C27H39NO5/c1-6-24-23(28-25(33-24)21-12-10-19(11-13-21)14-18(2)3)17-31-22-9-7-8-20(15-22)16-32-27(4,5)26(29)30/h10-13,18,20,22H,6-9,14-17H2,1-5H3,(H,29,30)/t20-,22+/m1/s1. The van der Waals surface area contributed by atoms with Crippen molar-refractivity contribution in [3.8, 4) is 11.5 Å². The van der Waals surface area contributed by atoms with Gasteiger partial charge in [-0.1, -0.05) is 39.3 Å². The molecule has 0 bridgehead atoms. The number of ether oxygens (including phenoxy) is 2. The lowest BCUT2D eigenvalue weighted by atomic mass is 9.87. The molecule has 2 aromatic rings. The summed E-state index contributed by atoms with van der Waals surface area (Å²) in [7, 11) is 0. The lowest BCUT2D eigenvalue weighted by molar-refractivity contribution is -0.163. The van der Waals surface area contributed by atoms with Crippen molar-refractivity contribution in [2.24, 2.45) is 11.8 Å². The molecule has 0 radical (unpaired) electrons. The smallest absolute Gasteiger partial charge is 0.335 e. The number of oxazole rings is 1. The minimum atomic E-state index is -1.16. The number of aryl methyl sites for hydroxylation is 1. The molecule has 0 unspecified atom stereocenters. The van der Waals surface area contributed by atoms with E-state index in [0.29, 0.717) is 30.9 Å². The third-order valence-corrected chi connectivity index (χ3v) is 6.33. The predicted molar refractivity (Wildman–Crippen MR) is 128 cm³/mol. The van der Waals surface area contributed by atoms with Gasteiger partial charge in [0, 0.05) is 12.0 Å². The van der Waals surface area contributed by atoms with Gasteiger partial charge in [-0.25, -0.2) is 9.78 Å². The molecule has 1 heterocycles. The summed E-state index contributed by atoms with van der Waals surface area (Å²) < 4.78 is 18.0. The number of benzene rings is 1. The van der Waals surface area contributed by atoms with E-state index in [0.717, 1.165) is 55.5 Å². The van der Waals surface area contributed by atoms with Gasteiger partial charge in [-0.15, -0.1) is 0 Å². The Bertz CT molecular complexity index is 900. The summed E-state index contributed by atoms with van der Waals surface area (Å²) in [6.07, 6.45) is 5.92. The maximum absolute atomic E-state index is 11.3. The van der Waals surface area contributed by atoms with Crippen molar-refractivity contribution in [1.29, 1.82) is 0 Å². The number of carbonyl (C=O) groups is 1. The molecule has 6 heteroatoms. The zero-order chi connectivity index (χ0) is 24.0. The number of rotatable bonds is 11. The van der Waals surface area contributed by atoms with Crippen LogP contribution in [0.25, 0.3) is 11.5 Å². The monoisotopic (exact) mass is 457 g/mol. The minimum Gasteiger partial charge on any atom is -0.479 e. The van der Waals surface area contributed by atoms with Crippen LogP contribution in [0.15, 0.2) is 28.7 Å². The van der Waals surface area contributed by atoms with Gasteiger partial charge in [-0.3, -0.25) is 0 Å². The first-order valence-corrected chi connectivity index (χ1v) is 12.2. The van der Waals surface area contributed by atoms with E-state index in [1.165, 1.54) is 5.56 Å². The third kappa shape index (κ3) is 7.15. The number of nitrogens with zero attached hydrogens (tertiary/aromatic N) is 1. The topological polar surface area (TPSA) is 81.8 Å². The first-order chi connectivity index (χ1) is 15.7. The number of carboxylic acids is 1. The molecule has 6 nitrogen and oxygen atoms in total. The summed E-state index contributed by atoms with van der Waals surface area (Å²) >= 11 is 0. The molecule has 3 rings (SSSR count). The van der Waals surface area contributed by atoms with Crippen LogP contribution < -0.4 is 0 Å². The summed E-state index contributed by atoms with van der Waals surface area (Å²) in [6.45, 7) is 10.6. The maximum atomic E-state index is 11.3. The highest BCUT2D eigenvalue weighted by Gasteiger charge is 2.31. The molecule has 0 aliphatic heterocycles. The molecule has 33 heavy (non-hydrogen) atoms. The Hall–Kier alpha value is -2.18. The second-order valence-corrected chi connectivity index (χ2v) is 10.1. The molecule has 0 saturated heterocycles. The summed E-state index contributed by atoms with van der Waals surface area (Å²) in [4.78, 5) is 16.0. The highest BCUT2D eigenvalue weighted by molar-refractivity contribution is 5.76. The molecule has 1 aromatic heterocycles. The summed E-state index contributed by atoms with van der Waals surface area (Å²) in [6, 6.07) is 8.46. The van der Waals surface area contributed by atoms with Crippen LogP contribution in [-0.4, -0.2) is 34.4 Å². The average Bonchev–Trinajstić information content (AvgIpc) is 3.20. The van der Waals surface area contributed by atoms with Gasteiger partial charge in [-0.05, 0) is 69.1 Å². The van der Waals surface area contributed by atoms with E-state index in [1.807, 2.05) is 0 Å². The molecule has 0 amide bonds. The van der Waals surface area contributed by atoms with Crippen molar-refractivity contribution in [2.75, 3.05) is 6.61 Å². The van der Waals surface area contributed by atoms with Crippen LogP contribution in [0.3, 0.4) is 0 Å². The lowest BCUT2D eigenvalue weighted by Gasteiger charge is -2.31. The zero-order valence-electron chi connectivity index (χ0n) is 20.7. The zero-order valence-corrected chi connectivity index (χ0v) is 20.7. The molecule has 1 aliphatic rings.